The molecule has 1 saturated heterocycles. The number of amides is 1. The largest absolute Gasteiger partial charge is 0.368 e. The lowest BCUT2D eigenvalue weighted by Gasteiger charge is -2.18. The summed E-state index contributed by atoms with van der Waals surface area (Å²) in [5.41, 5.74) is 2.88. The number of aryl methyl sites for hydroxylation is 3. The highest BCUT2D eigenvalue weighted by atomic mass is 16.1. The summed E-state index contributed by atoms with van der Waals surface area (Å²) in [4.78, 5) is 23.6. The van der Waals surface area contributed by atoms with Crippen LogP contribution in [0, 0.1) is 20.8 Å². The average Bonchev–Trinajstić information content (AvgIpc) is 3.13. The second-order valence-corrected chi connectivity index (χ2v) is 6.85. The normalized spacial score (nSPS) is 13.7. The van der Waals surface area contributed by atoms with Crippen molar-refractivity contribution in [1.29, 1.82) is 0 Å². The third-order valence-electron chi connectivity index (χ3n) is 4.60. The van der Waals surface area contributed by atoms with Gasteiger partial charge in [-0.25, -0.2) is 9.97 Å². The Bertz CT molecular complexity index is 784. The van der Waals surface area contributed by atoms with E-state index >= 15 is 0 Å². The average molecular weight is 353 g/mol. The molecule has 3 rings (SSSR count). The van der Waals surface area contributed by atoms with E-state index in [2.05, 4.69) is 25.5 Å². The first-order valence-electron chi connectivity index (χ1n) is 9.23. The number of hydrogen-bond acceptors (Lipinski definition) is 5. The molecule has 1 aliphatic rings. The molecular formula is C20H27N5O. The summed E-state index contributed by atoms with van der Waals surface area (Å²) >= 11 is 0. The van der Waals surface area contributed by atoms with Gasteiger partial charge in [0.2, 0.25) is 0 Å². The van der Waals surface area contributed by atoms with Gasteiger partial charge >= 0.3 is 0 Å². The van der Waals surface area contributed by atoms with E-state index in [9.17, 15) is 4.79 Å². The number of nitrogens with zero attached hydrogens (tertiary/aromatic N) is 3. The minimum atomic E-state index is -0.0408. The van der Waals surface area contributed by atoms with Crippen LogP contribution in [-0.2, 0) is 0 Å². The molecule has 0 atom stereocenters. The molecule has 1 aliphatic heterocycles. The Kier molecular flexibility index (Phi) is 5.71. The third kappa shape index (κ3) is 4.50. The number of anilines is 2. The fourth-order valence-electron chi connectivity index (χ4n) is 3.28. The van der Waals surface area contributed by atoms with E-state index in [1.165, 1.54) is 12.8 Å². The molecule has 0 bridgehead atoms. The summed E-state index contributed by atoms with van der Waals surface area (Å²) < 4.78 is 0. The molecule has 2 N–H and O–H groups in total. The molecule has 0 unspecified atom stereocenters. The van der Waals surface area contributed by atoms with Gasteiger partial charge in [-0.2, -0.15) is 0 Å². The number of nitrogens with one attached hydrogen (secondary N) is 2. The minimum absolute atomic E-state index is 0.0408. The first-order valence-corrected chi connectivity index (χ1v) is 9.23. The van der Waals surface area contributed by atoms with E-state index in [4.69, 9.17) is 0 Å². The van der Waals surface area contributed by atoms with Gasteiger partial charge in [0.1, 0.15) is 17.5 Å². The molecule has 138 valence electrons. The zero-order valence-corrected chi connectivity index (χ0v) is 15.8. The van der Waals surface area contributed by atoms with Crippen LogP contribution in [0.3, 0.4) is 0 Å². The Hall–Kier alpha value is -2.63. The van der Waals surface area contributed by atoms with Gasteiger partial charge in [0, 0.05) is 37.8 Å². The Balaban J connectivity index is 1.52. The number of hydrogen-bond donors (Lipinski definition) is 2. The maximum absolute atomic E-state index is 12.3. The molecule has 1 fully saturated rings. The first-order chi connectivity index (χ1) is 12.5. The molecule has 1 aromatic carbocycles. The van der Waals surface area contributed by atoms with Crippen molar-refractivity contribution in [3.8, 4) is 0 Å². The number of rotatable bonds is 6. The lowest BCUT2D eigenvalue weighted by Crippen LogP contribution is -2.29. The summed E-state index contributed by atoms with van der Waals surface area (Å²) in [6.07, 6.45) is 2.44. The van der Waals surface area contributed by atoms with Crippen molar-refractivity contribution in [2.45, 2.75) is 33.6 Å². The van der Waals surface area contributed by atoms with Crippen LogP contribution in [0.1, 0.15) is 40.2 Å². The first kappa shape index (κ1) is 18.2. The molecule has 1 amide bonds. The van der Waals surface area contributed by atoms with Gasteiger partial charge in [0.25, 0.3) is 5.91 Å². The molecule has 0 spiro atoms. The Morgan fingerprint density at radius 3 is 2.58 bits per heavy atom. The van der Waals surface area contributed by atoms with Crippen molar-refractivity contribution < 1.29 is 4.79 Å². The van der Waals surface area contributed by atoms with Crippen LogP contribution < -0.4 is 15.5 Å². The fourth-order valence-corrected chi connectivity index (χ4v) is 3.28. The second kappa shape index (κ2) is 8.17. The minimum Gasteiger partial charge on any atom is -0.368 e. The monoisotopic (exact) mass is 353 g/mol. The van der Waals surface area contributed by atoms with Crippen molar-refractivity contribution in [2.24, 2.45) is 0 Å². The summed E-state index contributed by atoms with van der Waals surface area (Å²) in [6, 6.07) is 7.86. The van der Waals surface area contributed by atoms with E-state index < -0.39 is 0 Å². The number of carbonyl (C=O) groups excluding carboxylic acids is 1. The molecule has 2 heterocycles. The van der Waals surface area contributed by atoms with Crippen LogP contribution in [0.15, 0.2) is 24.3 Å². The molecular weight excluding hydrogens is 326 g/mol. The van der Waals surface area contributed by atoms with Crippen LogP contribution in [0.5, 0.6) is 0 Å². The van der Waals surface area contributed by atoms with Gasteiger partial charge in [0.15, 0.2) is 0 Å². The van der Waals surface area contributed by atoms with Crippen molar-refractivity contribution in [3.63, 3.8) is 0 Å². The van der Waals surface area contributed by atoms with Crippen molar-refractivity contribution in [1.82, 2.24) is 15.3 Å². The van der Waals surface area contributed by atoms with Crippen molar-refractivity contribution >= 4 is 17.5 Å². The fraction of sp³-hybridized carbons (Fsp3) is 0.450. The standard InChI is InChI=1S/C20H27N5O/c1-14-6-7-17(15(2)12-14)20(26)22-9-8-21-18-13-19(24-16(3)23-18)25-10-4-5-11-25/h6-7,12-13H,4-5,8-11H2,1-3H3,(H,22,26)(H,21,23,24). The number of aromatic nitrogens is 2. The van der Waals surface area contributed by atoms with Crippen LogP contribution in [0.4, 0.5) is 11.6 Å². The Labute approximate surface area is 155 Å². The highest BCUT2D eigenvalue weighted by Crippen LogP contribution is 2.20. The molecule has 2 aromatic rings. The summed E-state index contributed by atoms with van der Waals surface area (Å²) in [5.74, 6) is 2.51. The van der Waals surface area contributed by atoms with Gasteiger partial charge in [0.05, 0.1) is 0 Å². The highest BCUT2D eigenvalue weighted by molar-refractivity contribution is 5.95. The second-order valence-electron chi connectivity index (χ2n) is 6.85. The van der Waals surface area contributed by atoms with E-state index in [0.29, 0.717) is 13.1 Å². The van der Waals surface area contributed by atoms with E-state index in [1.807, 2.05) is 45.0 Å². The highest BCUT2D eigenvalue weighted by Gasteiger charge is 2.15. The molecule has 26 heavy (non-hydrogen) atoms. The lowest BCUT2D eigenvalue weighted by atomic mass is 10.1. The quantitative estimate of drug-likeness (QED) is 0.782. The number of carbonyl (C=O) groups is 1. The van der Waals surface area contributed by atoms with E-state index in [-0.39, 0.29) is 5.91 Å². The SMILES string of the molecule is Cc1ccc(C(=O)NCCNc2cc(N3CCCC3)nc(C)n2)c(C)c1. The van der Waals surface area contributed by atoms with Gasteiger partial charge in [-0.15, -0.1) is 0 Å². The zero-order valence-electron chi connectivity index (χ0n) is 15.8. The maximum Gasteiger partial charge on any atom is 0.251 e. The molecule has 0 aliphatic carbocycles. The van der Waals surface area contributed by atoms with Crippen molar-refractivity contribution in [3.05, 3.63) is 46.8 Å². The van der Waals surface area contributed by atoms with Crippen LogP contribution in [-0.4, -0.2) is 42.1 Å². The van der Waals surface area contributed by atoms with E-state index in [1.54, 1.807) is 0 Å². The van der Waals surface area contributed by atoms with E-state index in [0.717, 1.165) is 47.2 Å². The van der Waals surface area contributed by atoms with Crippen LogP contribution >= 0.6 is 0 Å². The maximum atomic E-state index is 12.3. The third-order valence-corrected chi connectivity index (χ3v) is 4.60. The molecule has 0 saturated carbocycles. The summed E-state index contributed by atoms with van der Waals surface area (Å²) in [5, 5.41) is 6.25. The summed E-state index contributed by atoms with van der Waals surface area (Å²) in [6.45, 7) is 9.17. The zero-order chi connectivity index (χ0) is 18.5. The molecule has 0 radical (unpaired) electrons. The summed E-state index contributed by atoms with van der Waals surface area (Å²) in [7, 11) is 0. The lowest BCUT2D eigenvalue weighted by molar-refractivity contribution is 0.0954. The Morgan fingerprint density at radius 2 is 1.85 bits per heavy atom. The van der Waals surface area contributed by atoms with Crippen LogP contribution in [0.25, 0.3) is 0 Å². The topological polar surface area (TPSA) is 70.2 Å². The van der Waals surface area contributed by atoms with Crippen LogP contribution in [0.2, 0.25) is 0 Å². The van der Waals surface area contributed by atoms with Gasteiger partial charge in [-0.05, 0) is 45.2 Å². The predicted molar refractivity (Wildman–Crippen MR) is 105 cm³/mol. The van der Waals surface area contributed by atoms with Gasteiger partial charge in [-0.1, -0.05) is 17.7 Å². The Morgan fingerprint density at radius 1 is 1.08 bits per heavy atom. The van der Waals surface area contributed by atoms with Crippen molar-refractivity contribution in [2.75, 3.05) is 36.4 Å². The van der Waals surface area contributed by atoms with Gasteiger partial charge < -0.3 is 15.5 Å². The molecule has 6 heteroatoms. The molecule has 6 nitrogen and oxygen atoms in total. The predicted octanol–water partition coefficient (Wildman–Crippen LogP) is 2.84. The molecule has 1 aromatic heterocycles. The van der Waals surface area contributed by atoms with Gasteiger partial charge in [-0.3, -0.25) is 4.79 Å². The smallest absolute Gasteiger partial charge is 0.251 e. The number of benzene rings is 1.